The molecule has 0 unspecified atom stereocenters. The van der Waals surface area contributed by atoms with Gasteiger partial charge in [0.15, 0.2) is 0 Å². The Labute approximate surface area is 115 Å². The van der Waals surface area contributed by atoms with Crippen LogP contribution < -0.4 is 0 Å². The molecule has 1 aromatic carbocycles. The summed E-state index contributed by atoms with van der Waals surface area (Å²) >= 11 is 3.96. The highest BCUT2D eigenvalue weighted by Gasteiger charge is 2.13. The highest BCUT2D eigenvalue weighted by atomic mass is 127. The number of rotatable bonds is 2. The summed E-state index contributed by atoms with van der Waals surface area (Å²) in [6.45, 7) is 3.60. The molecule has 5 heteroatoms. The van der Waals surface area contributed by atoms with Gasteiger partial charge in [-0.15, -0.1) is 0 Å². The van der Waals surface area contributed by atoms with Gasteiger partial charge in [-0.25, -0.2) is 4.79 Å². The maximum Gasteiger partial charge on any atom is 0.338 e. The van der Waals surface area contributed by atoms with Crippen LogP contribution in [-0.2, 0) is 4.74 Å². The van der Waals surface area contributed by atoms with E-state index >= 15 is 0 Å². The van der Waals surface area contributed by atoms with Crippen LogP contribution >= 0.6 is 45.2 Å². The summed E-state index contributed by atoms with van der Waals surface area (Å²) in [5.41, 5.74) is 0.468. The number of halogens is 2. The summed E-state index contributed by atoms with van der Waals surface area (Å²) in [6.07, 6.45) is -0.137. The second kappa shape index (κ2) is 5.33. The van der Waals surface area contributed by atoms with Crippen LogP contribution in [0, 0.1) is 7.14 Å². The van der Waals surface area contributed by atoms with Crippen LogP contribution in [0.25, 0.3) is 0 Å². The molecule has 0 amide bonds. The third-order valence-electron chi connectivity index (χ3n) is 1.60. The molecule has 82 valence electrons. The van der Waals surface area contributed by atoms with Crippen LogP contribution in [0.2, 0.25) is 0 Å². The van der Waals surface area contributed by atoms with Gasteiger partial charge < -0.3 is 9.84 Å². The van der Waals surface area contributed by atoms with E-state index in [1.54, 1.807) is 26.0 Å². The lowest BCUT2D eigenvalue weighted by molar-refractivity contribution is 0.0377. The van der Waals surface area contributed by atoms with E-state index in [1.165, 1.54) is 0 Å². The largest absolute Gasteiger partial charge is 0.506 e. The number of hydrogen-bond donors (Lipinski definition) is 1. The highest BCUT2D eigenvalue weighted by Crippen LogP contribution is 2.27. The van der Waals surface area contributed by atoms with Crippen molar-refractivity contribution in [2.75, 3.05) is 0 Å². The monoisotopic (exact) mass is 432 g/mol. The van der Waals surface area contributed by atoms with Gasteiger partial charge in [0.1, 0.15) is 5.75 Å². The van der Waals surface area contributed by atoms with Gasteiger partial charge in [0.05, 0.1) is 18.8 Å². The van der Waals surface area contributed by atoms with E-state index < -0.39 is 0 Å². The van der Waals surface area contributed by atoms with Crippen molar-refractivity contribution in [3.63, 3.8) is 0 Å². The van der Waals surface area contributed by atoms with Crippen LogP contribution in [0.5, 0.6) is 5.75 Å². The van der Waals surface area contributed by atoms with E-state index in [2.05, 4.69) is 0 Å². The fraction of sp³-hybridized carbons (Fsp3) is 0.300. The standard InChI is InChI=1S/C10H10I2O3/c1-5(2)15-10(14)6-3-7(11)9(13)8(12)4-6/h3-5,13H,1-2H3. The molecule has 15 heavy (non-hydrogen) atoms. The molecule has 0 aromatic heterocycles. The van der Waals surface area contributed by atoms with Crippen molar-refractivity contribution in [3.05, 3.63) is 24.8 Å². The summed E-state index contributed by atoms with van der Waals surface area (Å²) in [6, 6.07) is 3.23. The number of ether oxygens (including phenoxy) is 1. The quantitative estimate of drug-likeness (QED) is 0.578. The first-order valence-corrected chi connectivity index (χ1v) is 6.46. The van der Waals surface area contributed by atoms with Gasteiger partial charge in [-0.2, -0.15) is 0 Å². The zero-order valence-electron chi connectivity index (χ0n) is 8.25. The fourth-order valence-electron chi connectivity index (χ4n) is 0.965. The molecule has 1 N–H and O–H groups in total. The summed E-state index contributed by atoms with van der Waals surface area (Å²) in [5, 5.41) is 9.53. The molecule has 0 fully saturated rings. The average molecular weight is 432 g/mol. The Morgan fingerprint density at radius 2 is 1.80 bits per heavy atom. The molecule has 0 saturated carbocycles. The molecule has 0 heterocycles. The molecule has 0 aliphatic rings. The third-order valence-corrected chi connectivity index (χ3v) is 3.24. The minimum absolute atomic E-state index is 0.137. The Bertz CT molecular complexity index is 365. The molecule has 0 aliphatic heterocycles. The summed E-state index contributed by atoms with van der Waals surface area (Å²) in [7, 11) is 0. The van der Waals surface area contributed by atoms with E-state index in [9.17, 15) is 9.90 Å². The zero-order chi connectivity index (χ0) is 11.6. The summed E-state index contributed by atoms with van der Waals surface area (Å²) in [5.74, 6) is -0.155. The molecule has 0 saturated heterocycles. The van der Waals surface area contributed by atoms with Crippen molar-refractivity contribution in [2.45, 2.75) is 20.0 Å². The van der Waals surface area contributed by atoms with Crippen molar-refractivity contribution in [3.8, 4) is 5.75 Å². The van der Waals surface area contributed by atoms with Crippen molar-refractivity contribution in [1.82, 2.24) is 0 Å². The van der Waals surface area contributed by atoms with Gasteiger partial charge in [-0.1, -0.05) is 0 Å². The molecular formula is C10H10I2O3. The SMILES string of the molecule is CC(C)OC(=O)c1cc(I)c(O)c(I)c1. The van der Waals surface area contributed by atoms with Gasteiger partial charge in [-0.3, -0.25) is 0 Å². The zero-order valence-corrected chi connectivity index (χ0v) is 12.6. The molecule has 0 radical (unpaired) electrons. The van der Waals surface area contributed by atoms with Crippen LogP contribution in [0.3, 0.4) is 0 Å². The Hall–Kier alpha value is -0.0500. The first kappa shape index (κ1) is 13.0. The predicted molar refractivity (Wildman–Crippen MR) is 74.1 cm³/mol. The summed E-state index contributed by atoms with van der Waals surface area (Å²) in [4.78, 5) is 11.6. The van der Waals surface area contributed by atoms with Crippen LogP contribution in [0.1, 0.15) is 24.2 Å². The molecule has 0 bridgehead atoms. The average Bonchev–Trinajstić information content (AvgIpc) is 2.12. The van der Waals surface area contributed by atoms with Crippen molar-refractivity contribution >= 4 is 51.2 Å². The molecule has 0 spiro atoms. The van der Waals surface area contributed by atoms with Gasteiger partial charge in [0, 0.05) is 0 Å². The Morgan fingerprint density at radius 1 is 1.33 bits per heavy atom. The summed E-state index contributed by atoms with van der Waals surface area (Å²) < 4.78 is 6.36. The molecular weight excluding hydrogens is 422 g/mol. The first-order chi connectivity index (χ1) is 6.91. The van der Waals surface area contributed by atoms with E-state index in [1.807, 2.05) is 45.2 Å². The smallest absolute Gasteiger partial charge is 0.338 e. The normalized spacial score (nSPS) is 10.5. The lowest BCUT2D eigenvalue weighted by atomic mass is 10.2. The van der Waals surface area contributed by atoms with E-state index in [4.69, 9.17) is 4.74 Å². The lowest BCUT2D eigenvalue weighted by Gasteiger charge is -2.09. The van der Waals surface area contributed by atoms with Crippen molar-refractivity contribution in [1.29, 1.82) is 0 Å². The van der Waals surface area contributed by atoms with Gasteiger partial charge in [-0.05, 0) is 71.2 Å². The van der Waals surface area contributed by atoms with E-state index in [0.717, 1.165) is 0 Å². The number of carbonyl (C=O) groups is 1. The maximum absolute atomic E-state index is 11.6. The number of hydrogen-bond acceptors (Lipinski definition) is 3. The Morgan fingerprint density at radius 3 is 2.20 bits per heavy atom. The second-order valence-corrected chi connectivity index (χ2v) is 5.57. The molecule has 3 nitrogen and oxygen atoms in total. The first-order valence-electron chi connectivity index (χ1n) is 4.30. The van der Waals surface area contributed by atoms with E-state index in [-0.39, 0.29) is 17.8 Å². The predicted octanol–water partition coefficient (Wildman–Crippen LogP) is 3.17. The third kappa shape index (κ3) is 3.47. The van der Waals surface area contributed by atoms with Crippen LogP contribution in [0.4, 0.5) is 0 Å². The number of carbonyl (C=O) groups excluding carboxylic acids is 1. The number of esters is 1. The van der Waals surface area contributed by atoms with Crippen LogP contribution in [0.15, 0.2) is 12.1 Å². The van der Waals surface area contributed by atoms with Crippen molar-refractivity contribution in [2.24, 2.45) is 0 Å². The minimum Gasteiger partial charge on any atom is -0.506 e. The Kier molecular flexibility index (Phi) is 4.63. The fourth-order valence-corrected chi connectivity index (χ4v) is 2.73. The lowest BCUT2D eigenvalue weighted by Crippen LogP contribution is -2.12. The topological polar surface area (TPSA) is 46.5 Å². The number of phenolic OH excluding ortho intramolecular Hbond substituents is 1. The van der Waals surface area contributed by atoms with Crippen LogP contribution in [-0.4, -0.2) is 17.2 Å². The molecule has 0 atom stereocenters. The van der Waals surface area contributed by atoms with E-state index in [0.29, 0.717) is 12.7 Å². The number of phenols is 1. The van der Waals surface area contributed by atoms with Gasteiger partial charge in [0.25, 0.3) is 0 Å². The Balaban J connectivity index is 3.01. The number of aromatic hydroxyl groups is 1. The van der Waals surface area contributed by atoms with Crippen molar-refractivity contribution < 1.29 is 14.6 Å². The second-order valence-electron chi connectivity index (χ2n) is 3.24. The van der Waals surface area contributed by atoms with Gasteiger partial charge >= 0.3 is 5.97 Å². The molecule has 0 aliphatic carbocycles. The minimum atomic E-state index is -0.360. The highest BCUT2D eigenvalue weighted by molar-refractivity contribution is 14.1. The van der Waals surface area contributed by atoms with Gasteiger partial charge in [0.2, 0.25) is 0 Å². The number of benzene rings is 1. The maximum atomic E-state index is 11.6. The molecule has 1 rings (SSSR count). The molecule has 1 aromatic rings.